The van der Waals surface area contributed by atoms with Gasteiger partial charge in [0.05, 0.1) is 17.4 Å². The Labute approximate surface area is 153 Å². The molecule has 1 atom stereocenters. The minimum absolute atomic E-state index is 0.173. The van der Waals surface area contributed by atoms with Crippen LogP contribution < -0.4 is 5.32 Å². The molecule has 138 valence electrons. The van der Waals surface area contributed by atoms with Crippen LogP contribution >= 0.6 is 0 Å². The first-order valence-corrected chi connectivity index (χ1v) is 8.80. The van der Waals surface area contributed by atoms with E-state index in [4.69, 9.17) is 0 Å². The van der Waals surface area contributed by atoms with Crippen molar-refractivity contribution in [2.24, 2.45) is 0 Å². The number of hydrogen-bond acceptors (Lipinski definition) is 4. The first kappa shape index (κ1) is 18.1. The highest BCUT2D eigenvalue weighted by molar-refractivity contribution is 5.98. The number of aryl methyl sites for hydroxylation is 1. The van der Waals surface area contributed by atoms with Crippen LogP contribution in [0.2, 0.25) is 0 Å². The summed E-state index contributed by atoms with van der Waals surface area (Å²) in [5.41, 5.74) is 4.11. The number of hydrogen-bond donors (Lipinski definition) is 1. The molecule has 0 saturated carbocycles. The fourth-order valence-corrected chi connectivity index (χ4v) is 3.21. The Morgan fingerprint density at radius 3 is 2.62 bits per heavy atom. The SMILES string of the molecule is Cc1nn(-c2ccccc2)c(C)c1CN(C)[C@H](C)C(=O)N1CCNC1=O. The van der Waals surface area contributed by atoms with Crippen LogP contribution in [0.4, 0.5) is 4.79 Å². The minimum Gasteiger partial charge on any atom is -0.336 e. The monoisotopic (exact) mass is 355 g/mol. The van der Waals surface area contributed by atoms with Crippen LogP contribution in [0.5, 0.6) is 0 Å². The maximum absolute atomic E-state index is 12.6. The van der Waals surface area contributed by atoms with Crippen molar-refractivity contribution in [2.75, 3.05) is 20.1 Å². The highest BCUT2D eigenvalue weighted by atomic mass is 16.2. The number of aromatic nitrogens is 2. The molecule has 0 radical (unpaired) electrons. The summed E-state index contributed by atoms with van der Waals surface area (Å²) in [6, 6.07) is 9.29. The van der Waals surface area contributed by atoms with Gasteiger partial charge in [0.1, 0.15) is 0 Å². The molecule has 1 aliphatic heterocycles. The molecule has 26 heavy (non-hydrogen) atoms. The Balaban J connectivity index is 1.77. The maximum atomic E-state index is 12.6. The summed E-state index contributed by atoms with van der Waals surface area (Å²) in [5, 5.41) is 7.33. The molecule has 0 unspecified atom stereocenters. The molecule has 1 aromatic carbocycles. The molecule has 1 aromatic heterocycles. The highest BCUT2D eigenvalue weighted by Crippen LogP contribution is 2.20. The Morgan fingerprint density at radius 1 is 1.31 bits per heavy atom. The highest BCUT2D eigenvalue weighted by Gasteiger charge is 2.31. The lowest BCUT2D eigenvalue weighted by Gasteiger charge is -2.26. The lowest BCUT2D eigenvalue weighted by Crippen LogP contribution is -2.46. The number of likely N-dealkylation sites (N-methyl/N-ethyl adjacent to an activating group) is 1. The van der Waals surface area contributed by atoms with Crippen LogP contribution in [0.1, 0.15) is 23.9 Å². The third kappa shape index (κ3) is 3.35. The number of carbonyl (C=O) groups excluding carboxylic acids is 2. The number of para-hydroxylation sites is 1. The van der Waals surface area contributed by atoms with Crippen molar-refractivity contribution in [3.05, 3.63) is 47.3 Å². The van der Waals surface area contributed by atoms with E-state index in [9.17, 15) is 9.59 Å². The third-order valence-electron chi connectivity index (χ3n) is 4.99. The topological polar surface area (TPSA) is 70.5 Å². The van der Waals surface area contributed by atoms with E-state index in [1.807, 2.05) is 67.7 Å². The average Bonchev–Trinajstić information content (AvgIpc) is 3.19. The zero-order chi connectivity index (χ0) is 18.8. The van der Waals surface area contributed by atoms with E-state index in [1.165, 1.54) is 4.90 Å². The van der Waals surface area contributed by atoms with Gasteiger partial charge in [0.15, 0.2) is 0 Å². The van der Waals surface area contributed by atoms with Gasteiger partial charge in [-0.05, 0) is 40.0 Å². The first-order chi connectivity index (χ1) is 12.4. The van der Waals surface area contributed by atoms with Gasteiger partial charge in [0.2, 0.25) is 5.91 Å². The number of benzene rings is 1. The van der Waals surface area contributed by atoms with E-state index in [-0.39, 0.29) is 11.9 Å². The van der Waals surface area contributed by atoms with Crippen LogP contribution in [-0.4, -0.2) is 57.7 Å². The van der Waals surface area contributed by atoms with Gasteiger partial charge in [-0.25, -0.2) is 9.48 Å². The maximum Gasteiger partial charge on any atom is 0.324 e. The molecule has 0 bridgehead atoms. The standard InChI is InChI=1S/C19H25N5O2/c1-13-17(14(2)24(21-13)16-8-6-5-7-9-16)12-22(4)15(3)18(25)23-11-10-20-19(23)26/h5-9,15H,10-12H2,1-4H3,(H,20,26)/t15-/m1/s1. The number of urea groups is 1. The summed E-state index contributed by atoms with van der Waals surface area (Å²) in [4.78, 5) is 27.6. The molecule has 2 heterocycles. The van der Waals surface area contributed by atoms with E-state index >= 15 is 0 Å². The van der Waals surface area contributed by atoms with Crippen LogP contribution in [0.3, 0.4) is 0 Å². The second-order valence-electron chi connectivity index (χ2n) is 6.71. The first-order valence-electron chi connectivity index (χ1n) is 8.80. The van der Waals surface area contributed by atoms with Crippen molar-refractivity contribution in [2.45, 2.75) is 33.4 Å². The van der Waals surface area contributed by atoms with Gasteiger partial charge in [0, 0.05) is 30.9 Å². The van der Waals surface area contributed by atoms with Gasteiger partial charge in [-0.1, -0.05) is 18.2 Å². The summed E-state index contributed by atoms with van der Waals surface area (Å²) in [6.45, 7) is 7.39. The number of nitrogens with zero attached hydrogens (tertiary/aromatic N) is 4. The second-order valence-corrected chi connectivity index (χ2v) is 6.71. The zero-order valence-corrected chi connectivity index (χ0v) is 15.7. The van der Waals surface area contributed by atoms with Gasteiger partial charge in [-0.3, -0.25) is 14.6 Å². The van der Waals surface area contributed by atoms with Crippen LogP contribution in [0.25, 0.3) is 5.69 Å². The number of amides is 3. The van der Waals surface area contributed by atoms with Crippen molar-refractivity contribution < 1.29 is 9.59 Å². The Hall–Kier alpha value is -2.67. The van der Waals surface area contributed by atoms with Gasteiger partial charge in [0.25, 0.3) is 0 Å². The number of imide groups is 1. The molecular formula is C19H25N5O2. The van der Waals surface area contributed by atoms with Gasteiger partial charge in [-0.2, -0.15) is 5.10 Å². The Morgan fingerprint density at radius 2 is 2.00 bits per heavy atom. The van der Waals surface area contributed by atoms with Crippen molar-refractivity contribution in [3.63, 3.8) is 0 Å². The number of rotatable bonds is 5. The fraction of sp³-hybridized carbons (Fsp3) is 0.421. The molecular weight excluding hydrogens is 330 g/mol. The molecule has 2 aromatic rings. The normalized spacial score (nSPS) is 15.4. The average molecular weight is 355 g/mol. The van der Waals surface area contributed by atoms with Crippen molar-refractivity contribution >= 4 is 11.9 Å². The molecule has 1 fully saturated rings. The molecule has 7 heteroatoms. The molecule has 1 saturated heterocycles. The van der Waals surface area contributed by atoms with Crippen LogP contribution in [0, 0.1) is 13.8 Å². The number of nitrogens with one attached hydrogen (secondary N) is 1. The lowest BCUT2D eigenvalue weighted by atomic mass is 10.1. The molecule has 1 N–H and O–H groups in total. The van der Waals surface area contributed by atoms with Crippen LogP contribution in [-0.2, 0) is 11.3 Å². The minimum atomic E-state index is -0.391. The summed E-state index contributed by atoms with van der Waals surface area (Å²) < 4.78 is 1.93. The van der Waals surface area contributed by atoms with Gasteiger partial charge in [-0.15, -0.1) is 0 Å². The van der Waals surface area contributed by atoms with Gasteiger partial charge >= 0.3 is 6.03 Å². The molecule has 7 nitrogen and oxygen atoms in total. The second kappa shape index (κ2) is 7.29. The van der Waals surface area contributed by atoms with E-state index < -0.39 is 6.04 Å². The predicted octanol–water partition coefficient (Wildman–Crippen LogP) is 1.86. The number of carbonyl (C=O) groups is 2. The molecule has 3 amide bonds. The van der Waals surface area contributed by atoms with E-state index in [0.717, 1.165) is 22.6 Å². The third-order valence-corrected chi connectivity index (χ3v) is 4.99. The van der Waals surface area contributed by atoms with E-state index in [2.05, 4.69) is 10.4 Å². The van der Waals surface area contributed by atoms with E-state index in [0.29, 0.717) is 19.6 Å². The summed E-state index contributed by atoms with van der Waals surface area (Å²) in [6.07, 6.45) is 0. The summed E-state index contributed by atoms with van der Waals surface area (Å²) in [5.74, 6) is -0.173. The van der Waals surface area contributed by atoms with Crippen LogP contribution in [0.15, 0.2) is 30.3 Å². The molecule has 1 aliphatic rings. The fourth-order valence-electron chi connectivity index (χ4n) is 3.21. The molecule has 0 aliphatic carbocycles. The smallest absolute Gasteiger partial charge is 0.324 e. The summed E-state index contributed by atoms with van der Waals surface area (Å²) in [7, 11) is 1.90. The quantitative estimate of drug-likeness (QED) is 0.889. The summed E-state index contributed by atoms with van der Waals surface area (Å²) >= 11 is 0. The van der Waals surface area contributed by atoms with Crippen molar-refractivity contribution in [3.8, 4) is 5.69 Å². The molecule has 3 rings (SSSR count). The largest absolute Gasteiger partial charge is 0.336 e. The van der Waals surface area contributed by atoms with Gasteiger partial charge < -0.3 is 5.32 Å². The Kier molecular flexibility index (Phi) is 5.08. The lowest BCUT2D eigenvalue weighted by molar-refractivity contribution is -0.132. The van der Waals surface area contributed by atoms with Crippen molar-refractivity contribution in [1.82, 2.24) is 24.9 Å². The zero-order valence-electron chi connectivity index (χ0n) is 15.7. The Bertz CT molecular complexity index is 815. The van der Waals surface area contributed by atoms with Crippen molar-refractivity contribution in [1.29, 1.82) is 0 Å². The van der Waals surface area contributed by atoms with E-state index in [1.54, 1.807) is 0 Å². The predicted molar refractivity (Wildman–Crippen MR) is 99.1 cm³/mol. The molecule has 0 spiro atoms.